The molecule has 0 amide bonds. The first kappa shape index (κ1) is 22.4. The van der Waals surface area contributed by atoms with E-state index in [4.69, 9.17) is 10.3 Å². The number of aromatic hydroxyl groups is 1. The molecule has 5 N–H and O–H groups in total. The Kier molecular flexibility index (Phi) is 6.42. The minimum absolute atomic E-state index is 0.0176. The number of rotatable bonds is 6. The largest absolute Gasteiger partial charge is 0.508 e. The Hall–Kier alpha value is -3.24. The first-order valence-electron chi connectivity index (χ1n) is 8.98. The van der Waals surface area contributed by atoms with Gasteiger partial charge in [0.25, 0.3) is 0 Å². The standard InChI is InChI=1S/C22H20N2O5S2/c23-30(26,27)21(11-16-7-3-1-4-8-16)18-13-19(15-20(25)14-18)22(31(24,28)29)12-17-9-5-2-6-10-17/h1-15,25H,(H2,23,26,27)(H2,24,28,29). The van der Waals surface area contributed by atoms with Crippen molar-refractivity contribution in [2.75, 3.05) is 0 Å². The van der Waals surface area contributed by atoms with Crippen LogP contribution in [0.3, 0.4) is 0 Å². The molecule has 31 heavy (non-hydrogen) atoms. The van der Waals surface area contributed by atoms with Crippen LogP contribution in [0, 0.1) is 0 Å². The molecule has 0 saturated heterocycles. The second kappa shape index (κ2) is 8.86. The summed E-state index contributed by atoms with van der Waals surface area (Å²) in [5.74, 6) is -0.349. The summed E-state index contributed by atoms with van der Waals surface area (Å²) in [5.41, 5.74) is 1.15. The number of nitrogens with two attached hydrogens (primary N) is 2. The van der Waals surface area contributed by atoms with Crippen LogP contribution < -0.4 is 10.3 Å². The summed E-state index contributed by atoms with van der Waals surface area (Å²) >= 11 is 0. The molecule has 0 atom stereocenters. The molecule has 3 aromatic carbocycles. The lowest BCUT2D eigenvalue weighted by Gasteiger charge is -2.12. The molecule has 3 rings (SSSR count). The van der Waals surface area contributed by atoms with Crippen molar-refractivity contribution < 1.29 is 21.9 Å². The first-order valence-corrected chi connectivity index (χ1v) is 12.1. The maximum Gasteiger partial charge on any atom is 0.238 e. The lowest BCUT2D eigenvalue weighted by Crippen LogP contribution is -2.15. The van der Waals surface area contributed by atoms with E-state index in [1.807, 2.05) is 0 Å². The van der Waals surface area contributed by atoms with E-state index in [0.29, 0.717) is 11.1 Å². The zero-order valence-electron chi connectivity index (χ0n) is 16.2. The molecule has 0 fully saturated rings. The van der Waals surface area contributed by atoms with Gasteiger partial charge in [-0.1, -0.05) is 60.7 Å². The van der Waals surface area contributed by atoms with Crippen LogP contribution in [0.1, 0.15) is 22.3 Å². The van der Waals surface area contributed by atoms with E-state index in [-0.39, 0.29) is 26.7 Å². The van der Waals surface area contributed by atoms with E-state index < -0.39 is 20.0 Å². The molecule has 0 bridgehead atoms. The number of primary sulfonamides is 2. The van der Waals surface area contributed by atoms with Crippen LogP contribution in [0.2, 0.25) is 0 Å². The van der Waals surface area contributed by atoms with Crippen molar-refractivity contribution in [2.45, 2.75) is 0 Å². The maximum absolute atomic E-state index is 12.3. The molecule has 0 saturated carbocycles. The predicted molar refractivity (Wildman–Crippen MR) is 123 cm³/mol. The van der Waals surface area contributed by atoms with Crippen molar-refractivity contribution >= 4 is 42.0 Å². The van der Waals surface area contributed by atoms with Crippen molar-refractivity contribution in [3.05, 3.63) is 101 Å². The first-order chi connectivity index (χ1) is 14.5. The molecule has 0 aromatic heterocycles. The number of hydrogen-bond donors (Lipinski definition) is 3. The summed E-state index contributed by atoms with van der Waals surface area (Å²) in [6.07, 6.45) is 2.68. The highest BCUT2D eigenvalue weighted by Crippen LogP contribution is 2.31. The molecule has 3 aromatic rings. The summed E-state index contributed by atoms with van der Waals surface area (Å²) in [6.45, 7) is 0. The van der Waals surface area contributed by atoms with Gasteiger partial charge in [-0.2, -0.15) is 0 Å². The van der Waals surface area contributed by atoms with Crippen LogP contribution in [-0.4, -0.2) is 21.9 Å². The van der Waals surface area contributed by atoms with Crippen molar-refractivity contribution in [3.63, 3.8) is 0 Å². The maximum atomic E-state index is 12.3. The highest BCUT2D eigenvalue weighted by molar-refractivity contribution is 7.99. The van der Waals surface area contributed by atoms with Gasteiger partial charge in [0, 0.05) is 0 Å². The monoisotopic (exact) mass is 456 g/mol. The van der Waals surface area contributed by atoms with Gasteiger partial charge in [0.15, 0.2) is 0 Å². The number of sulfonamides is 2. The summed E-state index contributed by atoms with van der Waals surface area (Å²) in [5, 5.41) is 21.0. The number of phenols is 1. The summed E-state index contributed by atoms with van der Waals surface area (Å²) in [6, 6.07) is 20.8. The van der Waals surface area contributed by atoms with E-state index in [1.54, 1.807) is 60.7 Å². The molecule has 7 nitrogen and oxygen atoms in total. The average Bonchev–Trinajstić information content (AvgIpc) is 2.69. The Morgan fingerprint density at radius 2 is 1.00 bits per heavy atom. The van der Waals surface area contributed by atoms with Crippen LogP contribution in [0.4, 0.5) is 0 Å². The van der Waals surface area contributed by atoms with Gasteiger partial charge in [-0.15, -0.1) is 0 Å². The third-order valence-corrected chi connectivity index (χ3v) is 6.23. The van der Waals surface area contributed by atoms with Gasteiger partial charge in [0.1, 0.15) is 5.75 Å². The van der Waals surface area contributed by atoms with Crippen molar-refractivity contribution in [1.29, 1.82) is 0 Å². The minimum Gasteiger partial charge on any atom is -0.508 e. The summed E-state index contributed by atoms with van der Waals surface area (Å²) < 4.78 is 49.1. The van der Waals surface area contributed by atoms with Crippen LogP contribution in [0.25, 0.3) is 22.0 Å². The van der Waals surface area contributed by atoms with E-state index in [1.165, 1.54) is 30.4 Å². The van der Waals surface area contributed by atoms with Crippen LogP contribution in [-0.2, 0) is 20.0 Å². The Morgan fingerprint density at radius 3 is 1.32 bits per heavy atom. The predicted octanol–water partition coefficient (Wildman–Crippen LogP) is 2.97. The SMILES string of the molecule is NS(=O)(=O)C(=Cc1ccccc1)c1cc(O)cc(C(=Cc2ccccc2)S(N)(=O)=O)c1. The van der Waals surface area contributed by atoms with Crippen LogP contribution in [0.15, 0.2) is 78.9 Å². The normalized spacial score (nSPS) is 13.2. The van der Waals surface area contributed by atoms with Gasteiger partial charge in [-0.3, -0.25) is 0 Å². The van der Waals surface area contributed by atoms with Gasteiger partial charge < -0.3 is 5.11 Å². The van der Waals surface area contributed by atoms with Crippen molar-refractivity contribution in [3.8, 4) is 5.75 Å². The van der Waals surface area contributed by atoms with E-state index in [0.717, 1.165) is 0 Å². The Balaban J connectivity index is 2.24. The van der Waals surface area contributed by atoms with Crippen molar-refractivity contribution in [2.24, 2.45) is 10.3 Å². The number of hydrogen-bond acceptors (Lipinski definition) is 5. The highest BCUT2D eigenvalue weighted by atomic mass is 32.2. The molecule has 0 aliphatic rings. The van der Waals surface area contributed by atoms with E-state index in [2.05, 4.69) is 0 Å². The molecular formula is C22H20N2O5S2. The molecule has 9 heteroatoms. The lowest BCUT2D eigenvalue weighted by atomic mass is 10.1. The quantitative estimate of drug-likeness (QED) is 0.489. The Bertz CT molecular complexity index is 1260. The molecule has 0 radical (unpaired) electrons. The number of benzene rings is 3. The molecule has 0 spiro atoms. The van der Waals surface area contributed by atoms with Crippen LogP contribution in [0.5, 0.6) is 5.75 Å². The number of phenolic OH excluding ortho intramolecular Hbond substituents is 1. The summed E-state index contributed by atoms with van der Waals surface area (Å²) in [4.78, 5) is -0.575. The fraction of sp³-hybridized carbons (Fsp3) is 0. The second-order valence-corrected chi connectivity index (χ2v) is 9.76. The molecular weight excluding hydrogens is 436 g/mol. The van der Waals surface area contributed by atoms with E-state index in [9.17, 15) is 21.9 Å². The zero-order chi connectivity index (χ0) is 22.6. The second-order valence-electron chi connectivity index (χ2n) is 6.70. The average molecular weight is 457 g/mol. The van der Waals surface area contributed by atoms with Crippen LogP contribution >= 0.6 is 0 Å². The van der Waals surface area contributed by atoms with Gasteiger partial charge >= 0.3 is 0 Å². The molecule has 160 valence electrons. The van der Waals surface area contributed by atoms with Gasteiger partial charge in [-0.25, -0.2) is 27.1 Å². The topological polar surface area (TPSA) is 141 Å². The molecule has 0 aliphatic heterocycles. The van der Waals surface area contributed by atoms with Gasteiger partial charge in [0.05, 0.1) is 9.81 Å². The smallest absolute Gasteiger partial charge is 0.238 e. The zero-order valence-corrected chi connectivity index (χ0v) is 17.8. The van der Waals surface area contributed by atoms with Crippen molar-refractivity contribution in [1.82, 2.24) is 0 Å². The Morgan fingerprint density at radius 1 is 0.645 bits per heavy atom. The minimum atomic E-state index is -4.22. The molecule has 0 unspecified atom stereocenters. The Labute approximate surface area is 181 Å². The fourth-order valence-corrected chi connectivity index (χ4v) is 4.45. The molecule has 0 aliphatic carbocycles. The molecule has 0 heterocycles. The summed E-state index contributed by atoms with van der Waals surface area (Å²) in [7, 11) is -8.44. The van der Waals surface area contributed by atoms with Gasteiger partial charge in [0.2, 0.25) is 20.0 Å². The lowest BCUT2D eigenvalue weighted by molar-refractivity contribution is 0.475. The third-order valence-electron chi connectivity index (χ3n) is 4.29. The van der Waals surface area contributed by atoms with Gasteiger partial charge in [-0.05, 0) is 52.6 Å². The highest BCUT2D eigenvalue weighted by Gasteiger charge is 2.21. The third kappa shape index (κ3) is 5.89. The van der Waals surface area contributed by atoms with E-state index >= 15 is 0 Å². The fourth-order valence-electron chi connectivity index (χ4n) is 2.96.